The van der Waals surface area contributed by atoms with Crippen molar-refractivity contribution in [2.45, 2.75) is 17.8 Å². The van der Waals surface area contributed by atoms with E-state index in [1.165, 1.54) is 0 Å². The summed E-state index contributed by atoms with van der Waals surface area (Å²) in [7, 11) is 3.89. The smallest absolute Gasteiger partial charge is 0.191 e. The van der Waals surface area contributed by atoms with Crippen LogP contribution in [0.15, 0.2) is 16.0 Å². The number of thioether (sulfide) groups is 1. The normalized spacial score (nSPS) is 11.0. The monoisotopic (exact) mass is 301 g/mol. The Morgan fingerprint density at radius 2 is 2.19 bits per heavy atom. The molecule has 0 radical (unpaired) electrons. The van der Waals surface area contributed by atoms with Gasteiger partial charge in [-0.15, -0.1) is 10.2 Å². The molecule has 7 heteroatoms. The van der Waals surface area contributed by atoms with Crippen molar-refractivity contribution in [1.82, 2.24) is 24.5 Å². The van der Waals surface area contributed by atoms with Gasteiger partial charge in [-0.05, 0) is 22.9 Å². The molecule has 0 fully saturated rings. The second kappa shape index (κ2) is 4.58. The maximum Gasteiger partial charge on any atom is 0.191 e. The molecule has 0 aliphatic carbocycles. The molecule has 0 atom stereocenters. The highest BCUT2D eigenvalue weighted by Crippen LogP contribution is 2.27. The van der Waals surface area contributed by atoms with Gasteiger partial charge >= 0.3 is 0 Å². The van der Waals surface area contributed by atoms with E-state index in [0.717, 1.165) is 26.8 Å². The molecule has 0 amide bonds. The van der Waals surface area contributed by atoms with Gasteiger partial charge in [0.05, 0.1) is 15.9 Å². The first-order chi connectivity index (χ1) is 7.59. The van der Waals surface area contributed by atoms with Gasteiger partial charge in [0.25, 0.3) is 0 Å². The maximum absolute atomic E-state index is 4.35. The molecule has 86 valence electrons. The van der Waals surface area contributed by atoms with Crippen LogP contribution in [0.25, 0.3) is 0 Å². The van der Waals surface area contributed by atoms with Crippen LogP contribution in [0, 0.1) is 6.92 Å². The summed E-state index contributed by atoms with van der Waals surface area (Å²) in [6, 6.07) is 0. The third kappa shape index (κ3) is 2.15. The van der Waals surface area contributed by atoms with Crippen LogP contribution in [0.1, 0.15) is 11.4 Å². The number of aryl methyl sites for hydroxylation is 3. The van der Waals surface area contributed by atoms with Gasteiger partial charge in [-0.2, -0.15) is 5.10 Å². The second-order valence-electron chi connectivity index (χ2n) is 3.48. The first-order valence-electron chi connectivity index (χ1n) is 4.74. The summed E-state index contributed by atoms with van der Waals surface area (Å²) in [4.78, 5) is 0. The highest BCUT2D eigenvalue weighted by molar-refractivity contribution is 9.10. The summed E-state index contributed by atoms with van der Waals surface area (Å²) >= 11 is 5.19. The summed E-state index contributed by atoms with van der Waals surface area (Å²) in [6.07, 6.45) is 1.70. The summed E-state index contributed by atoms with van der Waals surface area (Å²) in [5, 5.41) is 13.1. The van der Waals surface area contributed by atoms with Crippen LogP contribution in [-0.4, -0.2) is 24.5 Å². The molecular formula is C9H12BrN5S. The van der Waals surface area contributed by atoms with Crippen molar-refractivity contribution < 1.29 is 0 Å². The number of hydrogen-bond donors (Lipinski definition) is 0. The fraction of sp³-hybridized carbons (Fsp3) is 0.444. The molecule has 0 bridgehead atoms. The van der Waals surface area contributed by atoms with Crippen LogP contribution in [0.4, 0.5) is 0 Å². The predicted molar refractivity (Wildman–Crippen MR) is 66.2 cm³/mol. The van der Waals surface area contributed by atoms with Crippen molar-refractivity contribution >= 4 is 27.7 Å². The van der Waals surface area contributed by atoms with Crippen LogP contribution < -0.4 is 0 Å². The lowest BCUT2D eigenvalue weighted by Gasteiger charge is -2.02. The second-order valence-corrected chi connectivity index (χ2v) is 5.22. The van der Waals surface area contributed by atoms with Crippen LogP contribution in [0.2, 0.25) is 0 Å². The van der Waals surface area contributed by atoms with Gasteiger partial charge in [-0.1, -0.05) is 11.8 Å². The summed E-state index contributed by atoms with van der Waals surface area (Å²) < 4.78 is 4.87. The van der Waals surface area contributed by atoms with Crippen LogP contribution in [-0.2, 0) is 19.8 Å². The minimum atomic E-state index is 0.824. The third-order valence-corrected chi connectivity index (χ3v) is 4.35. The van der Waals surface area contributed by atoms with Gasteiger partial charge in [0, 0.05) is 19.8 Å². The standard InChI is InChI=1S/C9H12BrN5S/c1-6-8(10)7(15(3)13-6)4-16-9-12-11-5-14(9)2/h5H,4H2,1-3H3. The fourth-order valence-electron chi connectivity index (χ4n) is 1.37. The summed E-state index contributed by atoms with van der Waals surface area (Å²) in [5.41, 5.74) is 2.17. The van der Waals surface area contributed by atoms with E-state index in [0.29, 0.717) is 0 Å². The number of aromatic nitrogens is 5. The Hall–Kier alpha value is -0.820. The molecule has 2 rings (SSSR count). The zero-order chi connectivity index (χ0) is 11.7. The summed E-state index contributed by atoms with van der Waals surface area (Å²) in [6.45, 7) is 1.99. The average molecular weight is 302 g/mol. The number of halogens is 1. The van der Waals surface area contributed by atoms with Crippen molar-refractivity contribution in [3.05, 3.63) is 22.2 Å². The molecule has 0 aromatic carbocycles. The molecular weight excluding hydrogens is 290 g/mol. The molecule has 0 saturated carbocycles. The molecule has 2 heterocycles. The SMILES string of the molecule is Cc1nn(C)c(CSc2nncn2C)c1Br. The Kier molecular flexibility index (Phi) is 3.34. The number of nitrogens with zero attached hydrogens (tertiary/aromatic N) is 5. The molecule has 0 aliphatic heterocycles. The zero-order valence-corrected chi connectivity index (χ0v) is 11.7. The van der Waals surface area contributed by atoms with E-state index in [1.807, 2.05) is 30.3 Å². The molecule has 0 aliphatic rings. The lowest BCUT2D eigenvalue weighted by molar-refractivity contribution is 0.725. The number of hydrogen-bond acceptors (Lipinski definition) is 4. The van der Waals surface area contributed by atoms with Crippen molar-refractivity contribution in [3.63, 3.8) is 0 Å². The molecule has 0 unspecified atom stereocenters. The molecule has 0 saturated heterocycles. The largest absolute Gasteiger partial charge is 0.312 e. The highest BCUT2D eigenvalue weighted by atomic mass is 79.9. The van der Waals surface area contributed by atoms with E-state index in [-0.39, 0.29) is 0 Å². The van der Waals surface area contributed by atoms with Gasteiger partial charge in [-0.3, -0.25) is 4.68 Å². The van der Waals surface area contributed by atoms with Gasteiger partial charge < -0.3 is 4.57 Å². The first kappa shape index (κ1) is 11.7. The molecule has 0 spiro atoms. The first-order valence-corrected chi connectivity index (χ1v) is 6.52. The minimum Gasteiger partial charge on any atom is -0.312 e. The van der Waals surface area contributed by atoms with E-state index in [2.05, 4.69) is 31.2 Å². The van der Waals surface area contributed by atoms with Crippen LogP contribution in [0.3, 0.4) is 0 Å². The molecule has 0 N–H and O–H groups in total. The number of rotatable bonds is 3. The van der Waals surface area contributed by atoms with Gasteiger partial charge in [0.1, 0.15) is 6.33 Å². The van der Waals surface area contributed by atoms with Gasteiger partial charge in [-0.25, -0.2) is 0 Å². The Balaban J connectivity index is 2.13. The predicted octanol–water partition coefficient (Wildman–Crippen LogP) is 1.91. The molecule has 2 aromatic heterocycles. The maximum atomic E-state index is 4.35. The van der Waals surface area contributed by atoms with E-state index in [4.69, 9.17) is 0 Å². The minimum absolute atomic E-state index is 0.824. The average Bonchev–Trinajstić information content (AvgIpc) is 2.72. The van der Waals surface area contributed by atoms with Gasteiger partial charge in [0.2, 0.25) is 0 Å². The summed E-state index contributed by atoms with van der Waals surface area (Å²) in [5.74, 6) is 0.824. The zero-order valence-electron chi connectivity index (χ0n) is 9.31. The van der Waals surface area contributed by atoms with Crippen molar-refractivity contribution in [2.75, 3.05) is 0 Å². The highest BCUT2D eigenvalue weighted by Gasteiger charge is 2.12. The Morgan fingerprint density at radius 3 is 2.69 bits per heavy atom. The van der Waals surface area contributed by atoms with Crippen LogP contribution in [0.5, 0.6) is 0 Å². The quantitative estimate of drug-likeness (QED) is 0.813. The Bertz CT molecular complexity index is 504. The Labute approximate surface area is 106 Å². The van der Waals surface area contributed by atoms with Crippen molar-refractivity contribution in [3.8, 4) is 0 Å². The third-order valence-electron chi connectivity index (χ3n) is 2.27. The molecule has 16 heavy (non-hydrogen) atoms. The molecule has 2 aromatic rings. The van der Waals surface area contributed by atoms with E-state index >= 15 is 0 Å². The lowest BCUT2D eigenvalue weighted by atomic mass is 10.4. The Morgan fingerprint density at radius 1 is 1.44 bits per heavy atom. The van der Waals surface area contributed by atoms with E-state index < -0.39 is 0 Å². The lowest BCUT2D eigenvalue weighted by Crippen LogP contribution is -1.98. The van der Waals surface area contributed by atoms with Gasteiger partial charge in [0.15, 0.2) is 5.16 Å². The van der Waals surface area contributed by atoms with Crippen LogP contribution >= 0.6 is 27.7 Å². The fourth-order valence-corrected chi connectivity index (χ4v) is 2.99. The van der Waals surface area contributed by atoms with E-state index in [9.17, 15) is 0 Å². The van der Waals surface area contributed by atoms with Crippen molar-refractivity contribution in [2.24, 2.45) is 14.1 Å². The van der Waals surface area contributed by atoms with E-state index in [1.54, 1.807) is 18.1 Å². The topological polar surface area (TPSA) is 48.5 Å². The van der Waals surface area contributed by atoms with Crippen molar-refractivity contribution in [1.29, 1.82) is 0 Å². The molecule has 5 nitrogen and oxygen atoms in total.